The SMILES string of the molecule is CC1=C2C[C@H]3[C@@H](CC=C4C[C@@H](O)CC[C@@]43C)[C@@H]2CC[C@]12O[C@@H]1C[C@H](C)CN(C(=O)CN3CCN(C4CCCCC4)CC3)[C@H]1[C@H]2C. The van der Waals surface area contributed by atoms with Crippen molar-refractivity contribution >= 4 is 5.91 Å². The number of fused-ring (bicyclic) bond motifs is 6. The fourth-order valence-corrected chi connectivity index (χ4v) is 12.6. The number of likely N-dealkylation sites (tertiary alicyclic amines) is 1. The molecule has 0 aromatic carbocycles. The Morgan fingerprint density at radius 2 is 1.80 bits per heavy atom. The largest absolute Gasteiger partial charge is 0.393 e. The monoisotopic (exact) mass is 619 g/mol. The molecule has 0 aromatic heterocycles. The number of hydrogen-bond acceptors (Lipinski definition) is 5. The molecule has 10 atom stereocenters. The van der Waals surface area contributed by atoms with E-state index in [1.807, 2.05) is 0 Å². The summed E-state index contributed by atoms with van der Waals surface area (Å²) in [5.41, 5.74) is 4.82. The lowest BCUT2D eigenvalue weighted by Gasteiger charge is -2.49. The van der Waals surface area contributed by atoms with Crippen molar-refractivity contribution in [2.75, 3.05) is 39.3 Å². The van der Waals surface area contributed by atoms with E-state index in [-0.39, 0.29) is 29.3 Å². The van der Waals surface area contributed by atoms with Gasteiger partial charge in [0.25, 0.3) is 0 Å². The minimum atomic E-state index is -0.219. The first-order valence-corrected chi connectivity index (χ1v) is 19.2. The minimum absolute atomic E-state index is 0.149. The third-order valence-corrected chi connectivity index (χ3v) is 15.2. The highest BCUT2D eigenvalue weighted by molar-refractivity contribution is 5.79. The van der Waals surface area contributed by atoms with Crippen LogP contribution < -0.4 is 0 Å². The molecule has 250 valence electrons. The molecule has 0 unspecified atom stereocenters. The Morgan fingerprint density at radius 3 is 2.58 bits per heavy atom. The van der Waals surface area contributed by atoms with E-state index in [0.717, 1.165) is 76.8 Å². The lowest BCUT2D eigenvalue weighted by molar-refractivity contribution is -0.141. The topological polar surface area (TPSA) is 56.3 Å². The van der Waals surface area contributed by atoms with Crippen LogP contribution in [0.1, 0.15) is 111 Å². The van der Waals surface area contributed by atoms with Gasteiger partial charge < -0.3 is 14.7 Å². The number of piperidine rings is 1. The lowest BCUT2D eigenvalue weighted by Crippen LogP contribution is -2.58. The third-order valence-electron chi connectivity index (χ3n) is 15.2. The average molecular weight is 620 g/mol. The molecule has 1 amide bonds. The molecule has 3 aliphatic heterocycles. The first-order valence-electron chi connectivity index (χ1n) is 19.2. The molecule has 6 fully saturated rings. The van der Waals surface area contributed by atoms with Crippen molar-refractivity contribution in [3.8, 4) is 0 Å². The van der Waals surface area contributed by atoms with E-state index in [1.165, 1.54) is 56.9 Å². The van der Waals surface area contributed by atoms with Gasteiger partial charge in [-0.25, -0.2) is 0 Å². The van der Waals surface area contributed by atoms with Crippen LogP contribution in [0.25, 0.3) is 0 Å². The molecule has 0 radical (unpaired) electrons. The Balaban J connectivity index is 0.984. The molecule has 8 aliphatic rings. The molecule has 1 spiro atoms. The molecule has 6 heteroatoms. The van der Waals surface area contributed by atoms with Crippen LogP contribution in [0, 0.1) is 35.0 Å². The fraction of sp³-hybridized carbons (Fsp3) is 0.872. The van der Waals surface area contributed by atoms with Gasteiger partial charge >= 0.3 is 0 Å². The fourth-order valence-electron chi connectivity index (χ4n) is 12.6. The summed E-state index contributed by atoms with van der Waals surface area (Å²) in [7, 11) is 0. The zero-order valence-electron chi connectivity index (χ0n) is 28.8. The van der Waals surface area contributed by atoms with Gasteiger partial charge in [-0.05, 0) is 106 Å². The molecule has 5 aliphatic carbocycles. The van der Waals surface area contributed by atoms with Crippen molar-refractivity contribution < 1.29 is 14.6 Å². The number of piperazine rings is 1. The summed E-state index contributed by atoms with van der Waals surface area (Å²) in [6.07, 6.45) is 18.2. The third kappa shape index (κ3) is 5.05. The summed E-state index contributed by atoms with van der Waals surface area (Å²) in [4.78, 5) is 21.6. The number of aliphatic hydroxyl groups is 1. The summed E-state index contributed by atoms with van der Waals surface area (Å²) in [6.45, 7) is 15.5. The highest BCUT2D eigenvalue weighted by Crippen LogP contribution is 2.65. The van der Waals surface area contributed by atoms with E-state index in [1.54, 1.807) is 11.1 Å². The van der Waals surface area contributed by atoms with Gasteiger partial charge in [-0.2, -0.15) is 0 Å². The van der Waals surface area contributed by atoms with E-state index < -0.39 is 0 Å². The summed E-state index contributed by atoms with van der Waals surface area (Å²) in [5.74, 6) is 3.27. The van der Waals surface area contributed by atoms with E-state index in [9.17, 15) is 9.90 Å². The molecule has 8 rings (SSSR count). The van der Waals surface area contributed by atoms with Crippen LogP contribution in [0.15, 0.2) is 22.8 Å². The van der Waals surface area contributed by atoms with Gasteiger partial charge in [0, 0.05) is 44.7 Å². The molecule has 1 N–H and O–H groups in total. The number of aliphatic hydroxyl groups excluding tert-OH is 1. The molecule has 6 nitrogen and oxygen atoms in total. The van der Waals surface area contributed by atoms with E-state index in [4.69, 9.17) is 4.74 Å². The number of nitrogens with zero attached hydrogens (tertiary/aromatic N) is 3. The summed E-state index contributed by atoms with van der Waals surface area (Å²) >= 11 is 0. The number of amides is 1. The molecule has 0 bridgehead atoms. The second kappa shape index (κ2) is 11.7. The van der Waals surface area contributed by atoms with Crippen molar-refractivity contribution in [1.29, 1.82) is 0 Å². The zero-order chi connectivity index (χ0) is 31.1. The second-order valence-electron chi connectivity index (χ2n) is 17.4. The van der Waals surface area contributed by atoms with Crippen LogP contribution in [-0.2, 0) is 9.53 Å². The maximum absolute atomic E-state index is 14.2. The van der Waals surface area contributed by atoms with Crippen molar-refractivity contribution in [1.82, 2.24) is 14.7 Å². The summed E-state index contributed by atoms with van der Waals surface area (Å²) in [6, 6.07) is 0.972. The van der Waals surface area contributed by atoms with Gasteiger partial charge in [0.1, 0.15) is 0 Å². The number of carbonyl (C=O) groups excluding carboxylic acids is 1. The average Bonchev–Trinajstić information content (AvgIpc) is 3.56. The van der Waals surface area contributed by atoms with Gasteiger partial charge in [0.15, 0.2) is 0 Å². The van der Waals surface area contributed by atoms with Crippen LogP contribution in [0.3, 0.4) is 0 Å². The molecular formula is C39H61N3O3. The van der Waals surface area contributed by atoms with Gasteiger partial charge in [-0.3, -0.25) is 14.6 Å². The number of ether oxygens (including phenoxy) is 1. The van der Waals surface area contributed by atoms with Crippen molar-refractivity contribution in [3.05, 3.63) is 22.8 Å². The predicted octanol–water partition coefficient (Wildman–Crippen LogP) is 6.19. The minimum Gasteiger partial charge on any atom is -0.393 e. The van der Waals surface area contributed by atoms with E-state index in [0.29, 0.717) is 36.1 Å². The van der Waals surface area contributed by atoms with Crippen molar-refractivity contribution in [2.24, 2.45) is 35.0 Å². The van der Waals surface area contributed by atoms with Crippen LogP contribution in [-0.4, -0.2) is 94.9 Å². The van der Waals surface area contributed by atoms with Crippen LogP contribution in [0.2, 0.25) is 0 Å². The van der Waals surface area contributed by atoms with Crippen LogP contribution >= 0.6 is 0 Å². The number of hydrogen-bond donors (Lipinski definition) is 1. The first-order chi connectivity index (χ1) is 21.7. The van der Waals surface area contributed by atoms with Gasteiger partial charge in [0.05, 0.1) is 30.4 Å². The highest BCUT2D eigenvalue weighted by atomic mass is 16.5. The van der Waals surface area contributed by atoms with Crippen molar-refractivity contribution in [3.63, 3.8) is 0 Å². The summed E-state index contributed by atoms with van der Waals surface area (Å²) in [5, 5.41) is 10.5. The molecule has 45 heavy (non-hydrogen) atoms. The normalized spacial score (nSPS) is 46.1. The Labute approximate surface area is 273 Å². The van der Waals surface area contributed by atoms with E-state index >= 15 is 0 Å². The Bertz CT molecular complexity index is 1220. The molecule has 3 saturated carbocycles. The summed E-state index contributed by atoms with van der Waals surface area (Å²) < 4.78 is 7.33. The first kappa shape index (κ1) is 31.1. The maximum atomic E-state index is 14.2. The molecular weight excluding hydrogens is 558 g/mol. The van der Waals surface area contributed by atoms with Gasteiger partial charge in [0.2, 0.25) is 5.91 Å². The standard InChI is InChI=1S/C39H61N3O3/c1-25-20-35-37(42(23-25)36(44)24-40-16-18-41(19-17-40)29-8-6-5-7-9-29)27(3)39(45-35)15-13-31-32-11-10-28-21-30(43)12-14-38(28,4)34(32)22-33(31)26(39)2/h10,25,27,29-32,34-35,37,43H,5-9,11-24H2,1-4H3/t25-,27+,30-,31-,32-,34-,35+,37-,38-,39-/m0/s1. The van der Waals surface area contributed by atoms with Crippen LogP contribution in [0.4, 0.5) is 0 Å². The maximum Gasteiger partial charge on any atom is 0.237 e. The Kier molecular flexibility index (Phi) is 8.11. The second-order valence-corrected chi connectivity index (χ2v) is 17.4. The molecule has 0 aromatic rings. The zero-order valence-corrected chi connectivity index (χ0v) is 28.8. The lowest BCUT2D eigenvalue weighted by atomic mass is 9.56. The number of allylic oxidation sites excluding steroid dienone is 2. The van der Waals surface area contributed by atoms with E-state index in [2.05, 4.69) is 48.5 Å². The smallest absolute Gasteiger partial charge is 0.237 e. The molecule has 3 heterocycles. The quantitative estimate of drug-likeness (QED) is 0.382. The van der Waals surface area contributed by atoms with Crippen molar-refractivity contribution in [2.45, 2.75) is 141 Å². The van der Waals surface area contributed by atoms with Crippen LogP contribution in [0.5, 0.6) is 0 Å². The highest BCUT2D eigenvalue weighted by Gasteiger charge is 2.62. The Morgan fingerprint density at radius 1 is 1.02 bits per heavy atom. The predicted molar refractivity (Wildman–Crippen MR) is 179 cm³/mol. The van der Waals surface area contributed by atoms with Gasteiger partial charge in [-0.1, -0.05) is 57.3 Å². The molecule has 3 saturated heterocycles. The number of rotatable bonds is 3. The van der Waals surface area contributed by atoms with Gasteiger partial charge in [-0.15, -0.1) is 0 Å². The number of carbonyl (C=O) groups is 1. The Hall–Kier alpha value is -1.21.